The maximum Gasteiger partial charge on any atom is 0.258 e. The van der Waals surface area contributed by atoms with Gasteiger partial charge in [-0.05, 0) is 43.5 Å². The average Bonchev–Trinajstić information content (AvgIpc) is 2.70. The van der Waals surface area contributed by atoms with Crippen molar-refractivity contribution in [3.63, 3.8) is 0 Å². The number of amides is 1. The summed E-state index contributed by atoms with van der Waals surface area (Å²) < 4.78 is 0.914. The van der Waals surface area contributed by atoms with Gasteiger partial charge >= 0.3 is 0 Å². The summed E-state index contributed by atoms with van der Waals surface area (Å²) >= 11 is 3.52. The molecule has 0 radical (unpaired) electrons. The normalized spacial score (nSPS) is 17.2. The second-order valence-corrected chi connectivity index (χ2v) is 8.27. The Bertz CT molecular complexity index is 1120. The molecule has 1 aliphatic heterocycles. The van der Waals surface area contributed by atoms with E-state index in [0.29, 0.717) is 23.9 Å². The van der Waals surface area contributed by atoms with Crippen molar-refractivity contribution in [3.8, 4) is 0 Å². The Morgan fingerprint density at radius 2 is 2.21 bits per heavy atom. The summed E-state index contributed by atoms with van der Waals surface area (Å²) in [5.74, 6) is 0.952. The third kappa shape index (κ3) is 3.39. The van der Waals surface area contributed by atoms with E-state index in [1.54, 1.807) is 6.20 Å². The standard InChI is InChI=1S/C21H23BrN4O2/c1-3-17(27)26-8-4-5-14(11-26)24-20-15-7-6-13(22)9-16(15)18-19(25-20)12(2)10-23-21(18)28/h6-7,9-10,14H,3-5,8,11H2,1-2H3,(H,23,28)(H,24,25)/t14-/m0/s1. The first-order valence-corrected chi connectivity index (χ1v) is 10.4. The van der Waals surface area contributed by atoms with Crippen LogP contribution in [0.2, 0.25) is 0 Å². The first-order valence-electron chi connectivity index (χ1n) is 9.63. The van der Waals surface area contributed by atoms with Crippen LogP contribution in [0.4, 0.5) is 5.82 Å². The van der Waals surface area contributed by atoms with E-state index in [9.17, 15) is 9.59 Å². The van der Waals surface area contributed by atoms with Crippen molar-refractivity contribution in [2.45, 2.75) is 39.2 Å². The summed E-state index contributed by atoms with van der Waals surface area (Å²) in [5.41, 5.74) is 1.49. The highest BCUT2D eigenvalue weighted by Gasteiger charge is 2.24. The quantitative estimate of drug-likeness (QED) is 0.601. The molecule has 1 amide bonds. The van der Waals surface area contributed by atoms with Gasteiger partial charge in [-0.25, -0.2) is 4.98 Å². The van der Waals surface area contributed by atoms with Gasteiger partial charge in [-0.1, -0.05) is 22.9 Å². The highest BCUT2D eigenvalue weighted by atomic mass is 79.9. The molecule has 4 rings (SSSR count). The van der Waals surface area contributed by atoms with Gasteiger partial charge < -0.3 is 15.2 Å². The fraction of sp³-hybridized carbons (Fsp3) is 0.381. The van der Waals surface area contributed by atoms with Gasteiger partial charge in [0, 0.05) is 47.0 Å². The highest BCUT2D eigenvalue weighted by Crippen LogP contribution is 2.31. The van der Waals surface area contributed by atoms with Gasteiger partial charge in [0.1, 0.15) is 5.82 Å². The molecule has 3 aromatic rings. The number of nitrogens with zero attached hydrogens (tertiary/aromatic N) is 2. The van der Waals surface area contributed by atoms with Crippen molar-refractivity contribution >= 4 is 49.3 Å². The first-order chi connectivity index (χ1) is 13.5. The third-order valence-corrected chi connectivity index (χ3v) is 5.90. The number of carbonyl (C=O) groups is 1. The number of anilines is 1. The smallest absolute Gasteiger partial charge is 0.258 e. The van der Waals surface area contributed by atoms with Crippen molar-refractivity contribution in [3.05, 3.63) is 44.8 Å². The molecule has 0 aliphatic carbocycles. The van der Waals surface area contributed by atoms with Crippen LogP contribution in [0.25, 0.3) is 21.7 Å². The van der Waals surface area contributed by atoms with E-state index in [1.165, 1.54) is 0 Å². The molecule has 7 heteroatoms. The number of benzene rings is 1. The summed E-state index contributed by atoms with van der Waals surface area (Å²) in [6.07, 6.45) is 4.19. The lowest BCUT2D eigenvalue weighted by Gasteiger charge is -2.33. The van der Waals surface area contributed by atoms with Gasteiger partial charge in [0.2, 0.25) is 5.91 Å². The predicted molar refractivity (Wildman–Crippen MR) is 116 cm³/mol. The minimum atomic E-state index is -0.139. The SMILES string of the molecule is CCC(=O)N1CCC[C@H](Nc2nc3c(C)c[nH]c(=O)c3c3cc(Br)ccc23)C1. The van der Waals surface area contributed by atoms with Crippen LogP contribution in [0.3, 0.4) is 0 Å². The number of H-pyrrole nitrogens is 1. The number of aromatic nitrogens is 2. The summed E-state index contributed by atoms with van der Waals surface area (Å²) in [5, 5.41) is 5.94. The van der Waals surface area contributed by atoms with Crippen molar-refractivity contribution in [2.24, 2.45) is 0 Å². The minimum absolute atomic E-state index is 0.139. The molecular formula is C21H23BrN4O2. The van der Waals surface area contributed by atoms with E-state index in [-0.39, 0.29) is 17.5 Å². The molecule has 0 spiro atoms. The molecule has 1 atom stereocenters. The number of carbonyl (C=O) groups excluding carboxylic acids is 1. The molecule has 6 nitrogen and oxygen atoms in total. The van der Waals surface area contributed by atoms with E-state index in [1.807, 2.05) is 36.9 Å². The van der Waals surface area contributed by atoms with Gasteiger partial charge in [-0.3, -0.25) is 9.59 Å². The number of nitrogens with one attached hydrogen (secondary N) is 2. The van der Waals surface area contributed by atoms with Crippen LogP contribution >= 0.6 is 15.9 Å². The summed E-state index contributed by atoms with van der Waals surface area (Å²) in [6, 6.07) is 6.04. The number of piperidine rings is 1. The van der Waals surface area contributed by atoms with Gasteiger partial charge in [0.05, 0.1) is 10.9 Å². The predicted octanol–water partition coefficient (Wildman–Crippen LogP) is 3.96. The molecule has 3 heterocycles. The molecular weight excluding hydrogens is 420 g/mol. The van der Waals surface area contributed by atoms with Crippen molar-refractivity contribution in [1.82, 2.24) is 14.9 Å². The number of likely N-dealkylation sites (tertiary alicyclic amines) is 1. The molecule has 2 aromatic heterocycles. The Kier molecular flexibility index (Phi) is 5.10. The third-order valence-electron chi connectivity index (χ3n) is 5.40. The second kappa shape index (κ2) is 7.54. The van der Waals surface area contributed by atoms with Crippen LogP contribution in [0, 0.1) is 6.92 Å². The molecule has 1 aliphatic rings. The maximum absolute atomic E-state index is 12.5. The zero-order valence-electron chi connectivity index (χ0n) is 16.0. The van der Waals surface area contributed by atoms with Gasteiger partial charge in [0.25, 0.3) is 5.56 Å². The van der Waals surface area contributed by atoms with Crippen molar-refractivity contribution in [1.29, 1.82) is 0 Å². The molecule has 0 saturated carbocycles. The fourth-order valence-corrected chi connectivity index (χ4v) is 4.32. The summed E-state index contributed by atoms with van der Waals surface area (Å²) in [6.45, 7) is 5.34. The molecule has 28 heavy (non-hydrogen) atoms. The minimum Gasteiger partial charge on any atom is -0.365 e. The Balaban J connectivity index is 1.81. The van der Waals surface area contributed by atoms with Gasteiger partial charge in [0.15, 0.2) is 0 Å². The second-order valence-electron chi connectivity index (χ2n) is 7.35. The lowest BCUT2D eigenvalue weighted by molar-refractivity contribution is -0.131. The van der Waals surface area contributed by atoms with Gasteiger partial charge in [-0.15, -0.1) is 0 Å². The van der Waals surface area contributed by atoms with E-state index in [4.69, 9.17) is 4.98 Å². The zero-order chi connectivity index (χ0) is 19.8. The van der Waals surface area contributed by atoms with E-state index >= 15 is 0 Å². The molecule has 146 valence electrons. The van der Waals surface area contributed by atoms with Crippen molar-refractivity contribution < 1.29 is 4.79 Å². The maximum atomic E-state index is 12.5. The highest BCUT2D eigenvalue weighted by molar-refractivity contribution is 9.10. The number of hydrogen-bond acceptors (Lipinski definition) is 4. The molecule has 2 N–H and O–H groups in total. The summed E-state index contributed by atoms with van der Waals surface area (Å²) in [4.78, 5) is 34.2. The first kappa shape index (κ1) is 18.9. The van der Waals surface area contributed by atoms with Gasteiger partial charge in [-0.2, -0.15) is 0 Å². The van der Waals surface area contributed by atoms with Crippen LogP contribution in [-0.4, -0.2) is 39.9 Å². The Morgan fingerprint density at radius 1 is 1.39 bits per heavy atom. The van der Waals surface area contributed by atoms with E-state index in [0.717, 1.165) is 46.0 Å². The fourth-order valence-electron chi connectivity index (χ4n) is 3.96. The Morgan fingerprint density at radius 3 is 3.00 bits per heavy atom. The number of pyridine rings is 2. The number of fused-ring (bicyclic) bond motifs is 3. The molecule has 0 unspecified atom stereocenters. The van der Waals surface area contributed by atoms with E-state index in [2.05, 4.69) is 26.2 Å². The number of aryl methyl sites for hydroxylation is 1. The lowest BCUT2D eigenvalue weighted by Crippen LogP contribution is -2.45. The Hall–Kier alpha value is -2.41. The Labute approximate surface area is 171 Å². The van der Waals surface area contributed by atoms with Crippen LogP contribution in [0.15, 0.2) is 33.7 Å². The monoisotopic (exact) mass is 442 g/mol. The molecule has 1 fully saturated rings. The number of aromatic amines is 1. The molecule has 1 aromatic carbocycles. The zero-order valence-corrected chi connectivity index (χ0v) is 17.6. The summed E-state index contributed by atoms with van der Waals surface area (Å²) in [7, 11) is 0. The van der Waals surface area contributed by atoms with Crippen molar-refractivity contribution in [2.75, 3.05) is 18.4 Å². The topological polar surface area (TPSA) is 78.1 Å². The molecule has 1 saturated heterocycles. The number of hydrogen-bond donors (Lipinski definition) is 2. The lowest BCUT2D eigenvalue weighted by atomic mass is 10.0. The van der Waals surface area contributed by atoms with Crippen LogP contribution in [-0.2, 0) is 4.79 Å². The van der Waals surface area contributed by atoms with Crippen LogP contribution < -0.4 is 10.9 Å². The van der Waals surface area contributed by atoms with Crippen LogP contribution in [0.1, 0.15) is 31.7 Å². The largest absolute Gasteiger partial charge is 0.365 e. The number of rotatable bonds is 3. The van der Waals surface area contributed by atoms with E-state index < -0.39 is 0 Å². The van der Waals surface area contributed by atoms with Crippen LogP contribution in [0.5, 0.6) is 0 Å². The number of halogens is 1. The molecule has 0 bridgehead atoms. The average molecular weight is 443 g/mol.